The third-order valence-electron chi connectivity index (χ3n) is 2.55. The Bertz CT molecular complexity index is 265. The van der Waals surface area contributed by atoms with Gasteiger partial charge < -0.3 is 18.9 Å². The van der Waals surface area contributed by atoms with Crippen molar-refractivity contribution in [1.82, 2.24) is 4.90 Å². The summed E-state index contributed by atoms with van der Waals surface area (Å²) in [6.45, 7) is 9.51. The normalized spacial score (nSPS) is 10.7. The van der Waals surface area contributed by atoms with Gasteiger partial charge in [-0.3, -0.25) is 14.5 Å². The minimum absolute atomic E-state index is 0.303. The number of carbonyl (C=O) groups is 2. The molecule has 0 amide bonds. The molecule has 0 aliphatic heterocycles. The van der Waals surface area contributed by atoms with Gasteiger partial charge in [0.2, 0.25) is 0 Å². The fraction of sp³-hybridized carbons (Fsp3) is 0.857. The Hall–Kier alpha value is -1.18. The summed E-state index contributed by atoms with van der Waals surface area (Å²) in [4.78, 5) is 23.5. The van der Waals surface area contributed by atoms with Crippen molar-refractivity contribution in [3.63, 3.8) is 0 Å². The fourth-order valence-electron chi connectivity index (χ4n) is 1.53. The molecule has 0 atom stereocenters. The Balaban J connectivity index is 3.82. The van der Waals surface area contributed by atoms with Crippen LogP contribution in [0.1, 0.15) is 20.8 Å². The van der Waals surface area contributed by atoms with Gasteiger partial charge in [0, 0.05) is 40.1 Å². The number of carbonyl (C=O) groups excluding carboxylic acids is 2. The van der Waals surface area contributed by atoms with Crippen LogP contribution in [0.25, 0.3) is 0 Å². The Kier molecular flexibility index (Phi) is 13.0. The molecular formula is C14H27NO6. The number of esters is 2. The van der Waals surface area contributed by atoms with Crippen LogP contribution in [0.2, 0.25) is 0 Å². The number of nitrogens with zero attached hydrogens (tertiary/aromatic N) is 1. The lowest BCUT2D eigenvalue weighted by molar-refractivity contribution is -0.141. The number of ether oxygens (including phenoxy) is 4. The Labute approximate surface area is 126 Å². The lowest BCUT2D eigenvalue weighted by atomic mass is 10.4. The number of rotatable bonds is 13. The highest BCUT2D eigenvalue weighted by Gasteiger charge is 2.07. The number of hydrogen-bond donors (Lipinski definition) is 0. The van der Waals surface area contributed by atoms with Gasteiger partial charge in [-0.15, -0.1) is 0 Å². The predicted octanol–water partition coefficient (Wildman–Crippen LogP) is 0.468. The van der Waals surface area contributed by atoms with Gasteiger partial charge in [0.1, 0.15) is 13.2 Å². The van der Waals surface area contributed by atoms with Gasteiger partial charge in [-0.1, -0.05) is 0 Å². The Morgan fingerprint density at radius 3 is 1.71 bits per heavy atom. The van der Waals surface area contributed by atoms with Crippen LogP contribution in [0.4, 0.5) is 0 Å². The highest BCUT2D eigenvalue weighted by Crippen LogP contribution is 1.92. The highest BCUT2D eigenvalue weighted by atomic mass is 16.5. The molecule has 0 spiro atoms. The lowest BCUT2D eigenvalue weighted by Crippen LogP contribution is -2.34. The summed E-state index contributed by atoms with van der Waals surface area (Å²) < 4.78 is 20.4. The van der Waals surface area contributed by atoms with E-state index in [1.807, 2.05) is 11.8 Å². The lowest BCUT2D eigenvalue weighted by Gasteiger charge is -2.21. The summed E-state index contributed by atoms with van der Waals surface area (Å²) in [6.07, 6.45) is 0. The quantitative estimate of drug-likeness (QED) is 0.361. The fourth-order valence-corrected chi connectivity index (χ4v) is 1.53. The molecule has 7 heteroatoms. The summed E-state index contributed by atoms with van der Waals surface area (Å²) in [5.74, 6) is -0.606. The summed E-state index contributed by atoms with van der Waals surface area (Å²) in [6, 6.07) is 0. The maximum absolute atomic E-state index is 10.7. The molecule has 7 nitrogen and oxygen atoms in total. The zero-order valence-corrected chi connectivity index (χ0v) is 13.3. The summed E-state index contributed by atoms with van der Waals surface area (Å²) >= 11 is 0. The minimum atomic E-state index is -0.303. The molecule has 124 valence electrons. The molecule has 0 saturated carbocycles. The van der Waals surface area contributed by atoms with Crippen LogP contribution in [0.3, 0.4) is 0 Å². The standard InChI is InChI=1S/C14H27NO6/c1-4-18-11-12-19-8-5-15(6-9-20-13(2)16)7-10-21-14(3)17/h4-12H2,1-3H3. The molecule has 0 aromatic rings. The van der Waals surface area contributed by atoms with E-state index in [2.05, 4.69) is 0 Å². The van der Waals surface area contributed by atoms with E-state index in [-0.39, 0.29) is 11.9 Å². The molecule has 0 unspecified atom stereocenters. The van der Waals surface area contributed by atoms with E-state index in [0.717, 1.165) is 0 Å². The molecule has 0 radical (unpaired) electrons. The minimum Gasteiger partial charge on any atom is -0.465 e. The van der Waals surface area contributed by atoms with Crippen molar-refractivity contribution in [2.24, 2.45) is 0 Å². The SMILES string of the molecule is CCOCCOCCN(CCOC(C)=O)CCOC(C)=O. The second-order valence-electron chi connectivity index (χ2n) is 4.33. The van der Waals surface area contributed by atoms with Crippen LogP contribution in [0.15, 0.2) is 0 Å². The summed E-state index contributed by atoms with van der Waals surface area (Å²) in [5.41, 5.74) is 0. The molecule has 0 fully saturated rings. The van der Waals surface area contributed by atoms with Crippen molar-refractivity contribution in [1.29, 1.82) is 0 Å². The van der Waals surface area contributed by atoms with Gasteiger partial charge in [-0.2, -0.15) is 0 Å². The second-order valence-corrected chi connectivity index (χ2v) is 4.33. The van der Waals surface area contributed by atoms with Crippen molar-refractivity contribution in [2.75, 3.05) is 59.3 Å². The van der Waals surface area contributed by atoms with Crippen LogP contribution in [0, 0.1) is 0 Å². The van der Waals surface area contributed by atoms with E-state index in [1.54, 1.807) is 0 Å². The van der Waals surface area contributed by atoms with E-state index in [0.29, 0.717) is 59.3 Å². The molecule has 0 N–H and O–H groups in total. The topological polar surface area (TPSA) is 74.3 Å². The first-order valence-electron chi connectivity index (χ1n) is 7.20. The molecule has 0 aromatic carbocycles. The van der Waals surface area contributed by atoms with Crippen molar-refractivity contribution in [2.45, 2.75) is 20.8 Å². The van der Waals surface area contributed by atoms with Gasteiger partial charge in [0.25, 0.3) is 0 Å². The third kappa shape index (κ3) is 15.0. The molecule has 0 saturated heterocycles. The van der Waals surface area contributed by atoms with Crippen molar-refractivity contribution in [3.8, 4) is 0 Å². The van der Waals surface area contributed by atoms with Gasteiger partial charge in [0.15, 0.2) is 0 Å². The van der Waals surface area contributed by atoms with Crippen LogP contribution in [-0.2, 0) is 28.5 Å². The molecule has 0 aromatic heterocycles. The zero-order valence-electron chi connectivity index (χ0n) is 13.3. The van der Waals surface area contributed by atoms with E-state index < -0.39 is 0 Å². The molecule has 0 rings (SSSR count). The smallest absolute Gasteiger partial charge is 0.302 e. The first-order valence-corrected chi connectivity index (χ1v) is 7.20. The van der Waals surface area contributed by atoms with Crippen LogP contribution < -0.4 is 0 Å². The van der Waals surface area contributed by atoms with Crippen LogP contribution in [-0.4, -0.2) is 76.1 Å². The largest absolute Gasteiger partial charge is 0.465 e. The molecule has 0 bridgehead atoms. The molecule has 0 aliphatic carbocycles. The highest BCUT2D eigenvalue weighted by molar-refractivity contribution is 5.66. The van der Waals surface area contributed by atoms with Gasteiger partial charge in [-0.25, -0.2) is 0 Å². The van der Waals surface area contributed by atoms with E-state index >= 15 is 0 Å². The average Bonchev–Trinajstić information content (AvgIpc) is 2.41. The monoisotopic (exact) mass is 305 g/mol. The maximum Gasteiger partial charge on any atom is 0.302 e. The summed E-state index contributed by atoms with van der Waals surface area (Å²) in [7, 11) is 0. The molecular weight excluding hydrogens is 278 g/mol. The summed E-state index contributed by atoms with van der Waals surface area (Å²) in [5, 5.41) is 0. The van der Waals surface area contributed by atoms with E-state index in [4.69, 9.17) is 18.9 Å². The predicted molar refractivity (Wildman–Crippen MR) is 77.0 cm³/mol. The molecule has 0 aliphatic rings. The van der Waals surface area contributed by atoms with Crippen LogP contribution >= 0.6 is 0 Å². The van der Waals surface area contributed by atoms with Crippen molar-refractivity contribution in [3.05, 3.63) is 0 Å². The Morgan fingerprint density at radius 1 is 0.762 bits per heavy atom. The first-order chi connectivity index (χ1) is 10.1. The van der Waals surface area contributed by atoms with Gasteiger partial charge in [0.05, 0.1) is 19.8 Å². The van der Waals surface area contributed by atoms with Crippen LogP contribution in [0.5, 0.6) is 0 Å². The number of hydrogen-bond acceptors (Lipinski definition) is 7. The van der Waals surface area contributed by atoms with Crippen molar-refractivity contribution >= 4 is 11.9 Å². The van der Waals surface area contributed by atoms with E-state index in [1.165, 1.54) is 13.8 Å². The van der Waals surface area contributed by atoms with Gasteiger partial charge >= 0.3 is 11.9 Å². The second kappa shape index (κ2) is 13.8. The molecule has 0 heterocycles. The van der Waals surface area contributed by atoms with Gasteiger partial charge in [-0.05, 0) is 6.92 Å². The first kappa shape index (κ1) is 19.8. The maximum atomic E-state index is 10.7. The molecule has 21 heavy (non-hydrogen) atoms. The van der Waals surface area contributed by atoms with E-state index in [9.17, 15) is 9.59 Å². The Morgan fingerprint density at radius 2 is 1.24 bits per heavy atom. The third-order valence-corrected chi connectivity index (χ3v) is 2.55. The average molecular weight is 305 g/mol. The zero-order chi connectivity index (χ0) is 15.9. The van der Waals surface area contributed by atoms with Crippen molar-refractivity contribution < 1.29 is 28.5 Å².